The Bertz CT molecular complexity index is 399. The zero-order chi connectivity index (χ0) is 12.3. The molecule has 17 heavy (non-hydrogen) atoms. The molecule has 0 bridgehead atoms. The normalized spacial score (nSPS) is 11.6. The summed E-state index contributed by atoms with van der Waals surface area (Å²) in [6.07, 6.45) is 11.0. The molecule has 0 saturated heterocycles. The predicted octanol–water partition coefficient (Wildman–Crippen LogP) is 2.85. The molecule has 1 aromatic rings. The van der Waals surface area contributed by atoms with Crippen LogP contribution in [-0.2, 0) is 9.53 Å². The van der Waals surface area contributed by atoms with Crippen molar-refractivity contribution in [1.29, 1.82) is 0 Å². The van der Waals surface area contributed by atoms with E-state index in [2.05, 4.69) is 0 Å². The van der Waals surface area contributed by atoms with E-state index in [1.807, 2.05) is 0 Å². The quantitative estimate of drug-likeness (QED) is 0.328. The van der Waals surface area contributed by atoms with Gasteiger partial charge in [-0.3, -0.25) is 0 Å². The Morgan fingerprint density at radius 3 is 2.88 bits per heavy atom. The number of carbonyl (C=O) groups is 1. The number of furan rings is 1. The van der Waals surface area contributed by atoms with Gasteiger partial charge in [-0.25, -0.2) is 4.79 Å². The largest absolute Gasteiger partial charge is 0.463 e. The summed E-state index contributed by atoms with van der Waals surface area (Å²) >= 11 is 0. The third-order valence-corrected chi connectivity index (χ3v) is 1.61. The Labute approximate surface area is 99.8 Å². The summed E-state index contributed by atoms with van der Waals surface area (Å²) in [4.78, 5) is 10.9. The fourth-order valence-corrected chi connectivity index (χ4v) is 0.935. The van der Waals surface area contributed by atoms with Crippen molar-refractivity contribution in [3.63, 3.8) is 0 Å². The lowest BCUT2D eigenvalue weighted by molar-refractivity contribution is -0.137. The molecule has 4 heteroatoms. The van der Waals surface area contributed by atoms with Crippen LogP contribution in [0.5, 0.6) is 5.95 Å². The van der Waals surface area contributed by atoms with Crippen molar-refractivity contribution in [3.05, 3.63) is 55.0 Å². The number of esters is 1. The molecule has 0 aliphatic carbocycles. The fraction of sp³-hybridized carbons (Fsp3) is 0.154. The van der Waals surface area contributed by atoms with Crippen LogP contribution in [0.25, 0.3) is 0 Å². The third-order valence-electron chi connectivity index (χ3n) is 1.61. The Kier molecular flexibility index (Phi) is 6.03. The van der Waals surface area contributed by atoms with Gasteiger partial charge < -0.3 is 13.9 Å². The maximum atomic E-state index is 10.9. The highest BCUT2D eigenvalue weighted by Crippen LogP contribution is 2.09. The van der Waals surface area contributed by atoms with Gasteiger partial charge in [0.1, 0.15) is 0 Å². The first kappa shape index (κ1) is 12.8. The van der Waals surface area contributed by atoms with Crippen LogP contribution >= 0.6 is 0 Å². The van der Waals surface area contributed by atoms with Crippen LogP contribution in [0.1, 0.15) is 6.92 Å². The van der Waals surface area contributed by atoms with Crippen molar-refractivity contribution >= 4 is 5.97 Å². The van der Waals surface area contributed by atoms with Gasteiger partial charge in [-0.2, -0.15) is 0 Å². The van der Waals surface area contributed by atoms with E-state index in [-0.39, 0.29) is 5.97 Å². The minimum Gasteiger partial charge on any atom is -0.463 e. The maximum absolute atomic E-state index is 10.9. The Balaban J connectivity index is 2.21. The van der Waals surface area contributed by atoms with E-state index in [1.165, 1.54) is 18.6 Å². The number of ether oxygens (including phenoxy) is 2. The maximum Gasteiger partial charge on any atom is 0.330 e. The van der Waals surface area contributed by atoms with Gasteiger partial charge in [0.15, 0.2) is 0 Å². The molecular formula is C13H14O4. The minimum atomic E-state index is -0.354. The van der Waals surface area contributed by atoms with E-state index in [1.54, 1.807) is 43.4 Å². The highest BCUT2D eigenvalue weighted by atomic mass is 16.6. The second-order valence-corrected chi connectivity index (χ2v) is 2.87. The Hall–Kier alpha value is -2.23. The first-order valence-corrected chi connectivity index (χ1v) is 5.19. The molecule has 1 rings (SSSR count). The molecule has 0 saturated carbocycles. The van der Waals surface area contributed by atoms with Crippen LogP contribution in [0.15, 0.2) is 59.5 Å². The van der Waals surface area contributed by atoms with Crippen LogP contribution in [0, 0.1) is 0 Å². The summed E-state index contributed by atoms with van der Waals surface area (Å²) in [5.41, 5.74) is 0. The summed E-state index contributed by atoms with van der Waals surface area (Å²) in [6.45, 7) is 2.14. The van der Waals surface area contributed by atoms with Crippen molar-refractivity contribution in [1.82, 2.24) is 0 Å². The van der Waals surface area contributed by atoms with Crippen LogP contribution in [0.4, 0.5) is 0 Å². The number of carbonyl (C=O) groups excluding carboxylic acids is 1. The molecule has 0 aliphatic rings. The average Bonchev–Trinajstić information content (AvgIpc) is 2.81. The lowest BCUT2D eigenvalue weighted by Crippen LogP contribution is -1.98. The molecule has 0 fully saturated rings. The topological polar surface area (TPSA) is 48.7 Å². The van der Waals surface area contributed by atoms with Gasteiger partial charge in [0.05, 0.1) is 19.1 Å². The molecule has 0 radical (unpaired) electrons. The van der Waals surface area contributed by atoms with Crippen molar-refractivity contribution < 1.29 is 18.7 Å². The van der Waals surface area contributed by atoms with Gasteiger partial charge in [-0.15, -0.1) is 0 Å². The van der Waals surface area contributed by atoms with Gasteiger partial charge >= 0.3 is 5.97 Å². The van der Waals surface area contributed by atoms with Gasteiger partial charge in [0.2, 0.25) is 0 Å². The van der Waals surface area contributed by atoms with Crippen molar-refractivity contribution in [3.8, 4) is 5.95 Å². The molecule has 0 aromatic carbocycles. The predicted molar refractivity (Wildman–Crippen MR) is 63.4 cm³/mol. The number of hydrogen-bond acceptors (Lipinski definition) is 4. The van der Waals surface area contributed by atoms with E-state index >= 15 is 0 Å². The number of rotatable bonds is 6. The fourth-order valence-electron chi connectivity index (χ4n) is 0.935. The zero-order valence-electron chi connectivity index (χ0n) is 9.54. The number of hydrogen-bond donors (Lipinski definition) is 0. The first-order valence-electron chi connectivity index (χ1n) is 5.19. The second kappa shape index (κ2) is 7.98. The molecule has 90 valence electrons. The van der Waals surface area contributed by atoms with Gasteiger partial charge in [0.25, 0.3) is 5.95 Å². The summed E-state index contributed by atoms with van der Waals surface area (Å²) in [7, 11) is 0. The molecule has 0 aliphatic heterocycles. The van der Waals surface area contributed by atoms with Gasteiger partial charge in [-0.1, -0.05) is 18.2 Å². The number of allylic oxidation sites excluding steroid dienone is 4. The van der Waals surface area contributed by atoms with E-state index in [0.717, 1.165) is 0 Å². The third kappa shape index (κ3) is 6.04. The molecule has 0 N–H and O–H groups in total. The highest BCUT2D eigenvalue weighted by molar-refractivity contribution is 5.82. The van der Waals surface area contributed by atoms with E-state index in [9.17, 15) is 4.79 Å². The molecular weight excluding hydrogens is 220 g/mol. The highest BCUT2D eigenvalue weighted by Gasteiger charge is 1.90. The molecule has 0 atom stereocenters. The molecule has 1 aromatic heterocycles. The SMILES string of the molecule is CCOC(=O)C=CC=CC=COc1ccco1. The van der Waals surface area contributed by atoms with Crippen molar-refractivity contribution in [2.24, 2.45) is 0 Å². The van der Waals surface area contributed by atoms with Gasteiger partial charge in [0, 0.05) is 12.1 Å². The lowest BCUT2D eigenvalue weighted by Gasteiger charge is -1.92. The van der Waals surface area contributed by atoms with E-state index in [0.29, 0.717) is 12.6 Å². The first-order chi connectivity index (χ1) is 8.33. The monoisotopic (exact) mass is 234 g/mol. The average molecular weight is 234 g/mol. The molecule has 0 unspecified atom stereocenters. The summed E-state index contributed by atoms with van der Waals surface area (Å²) < 4.78 is 14.7. The van der Waals surface area contributed by atoms with Crippen LogP contribution in [0.3, 0.4) is 0 Å². The van der Waals surface area contributed by atoms with Crippen LogP contribution in [0.2, 0.25) is 0 Å². The Morgan fingerprint density at radius 1 is 1.35 bits per heavy atom. The van der Waals surface area contributed by atoms with E-state index < -0.39 is 0 Å². The van der Waals surface area contributed by atoms with Crippen molar-refractivity contribution in [2.45, 2.75) is 6.92 Å². The summed E-state index contributed by atoms with van der Waals surface area (Å²) in [5, 5.41) is 0. The van der Waals surface area contributed by atoms with Crippen LogP contribution < -0.4 is 4.74 Å². The standard InChI is InChI=1S/C13H14O4/c1-2-15-12(14)8-5-3-4-6-10-16-13-9-7-11-17-13/h3-11H,2H2,1H3. The van der Waals surface area contributed by atoms with Crippen LogP contribution in [-0.4, -0.2) is 12.6 Å². The van der Waals surface area contributed by atoms with E-state index in [4.69, 9.17) is 13.9 Å². The second-order valence-electron chi connectivity index (χ2n) is 2.87. The minimum absolute atomic E-state index is 0.354. The zero-order valence-corrected chi connectivity index (χ0v) is 9.54. The lowest BCUT2D eigenvalue weighted by atomic mass is 10.4. The molecule has 0 amide bonds. The molecule has 4 nitrogen and oxygen atoms in total. The Morgan fingerprint density at radius 2 is 2.18 bits per heavy atom. The smallest absolute Gasteiger partial charge is 0.330 e. The van der Waals surface area contributed by atoms with Crippen molar-refractivity contribution in [2.75, 3.05) is 6.61 Å². The summed E-state index contributed by atoms with van der Waals surface area (Å²) in [6, 6.07) is 3.44. The van der Waals surface area contributed by atoms with Gasteiger partial charge in [-0.05, 0) is 19.1 Å². The summed E-state index contributed by atoms with van der Waals surface area (Å²) in [5.74, 6) is 0.0738. The molecule has 0 spiro atoms. The molecule has 1 heterocycles.